The van der Waals surface area contributed by atoms with E-state index in [2.05, 4.69) is 31.8 Å². The molecule has 0 radical (unpaired) electrons. The van der Waals surface area contributed by atoms with Crippen molar-refractivity contribution in [3.8, 4) is 0 Å². The summed E-state index contributed by atoms with van der Waals surface area (Å²) in [5.74, 6) is 1.50. The maximum atomic E-state index is 5.91. The molecule has 0 bridgehead atoms. The number of aromatic nitrogens is 1. The van der Waals surface area contributed by atoms with Gasteiger partial charge in [-0.2, -0.15) is 0 Å². The summed E-state index contributed by atoms with van der Waals surface area (Å²) in [5, 5.41) is 1.02. The van der Waals surface area contributed by atoms with Gasteiger partial charge < -0.3 is 0 Å². The summed E-state index contributed by atoms with van der Waals surface area (Å²) in [6.07, 6.45) is 6.67. The predicted octanol–water partition coefficient (Wildman–Crippen LogP) is 3.45. The molecule has 0 aliphatic rings. The van der Waals surface area contributed by atoms with Crippen molar-refractivity contribution in [2.24, 2.45) is 11.8 Å². The van der Waals surface area contributed by atoms with Crippen LogP contribution in [0.25, 0.3) is 12.2 Å². The number of thiazole rings is 1. The molecule has 0 aromatic carbocycles. The van der Waals surface area contributed by atoms with Gasteiger partial charge in [0.1, 0.15) is 0 Å². The van der Waals surface area contributed by atoms with Crippen LogP contribution in [-0.2, 0) is 0 Å². The van der Waals surface area contributed by atoms with Crippen molar-refractivity contribution in [2.75, 3.05) is 0 Å². The van der Waals surface area contributed by atoms with Gasteiger partial charge in [0, 0.05) is 0 Å². The van der Waals surface area contributed by atoms with Crippen LogP contribution < -0.4 is 9.88 Å². The third-order valence-electron chi connectivity index (χ3n) is 2.51. The Bertz CT molecular complexity index is 433. The molecule has 0 fully saturated rings. The average molecular weight is 258 g/mol. The van der Waals surface area contributed by atoms with Crippen molar-refractivity contribution in [1.29, 1.82) is 0 Å². The highest BCUT2D eigenvalue weighted by Crippen LogP contribution is 2.15. The van der Waals surface area contributed by atoms with Gasteiger partial charge in [-0.05, 0) is 31.6 Å². The van der Waals surface area contributed by atoms with E-state index in [0.29, 0.717) is 4.47 Å². The van der Waals surface area contributed by atoms with Crippen LogP contribution in [0.1, 0.15) is 40.5 Å². The van der Waals surface area contributed by atoms with E-state index in [4.69, 9.17) is 11.6 Å². The Labute approximate surface area is 107 Å². The van der Waals surface area contributed by atoms with Gasteiger partial charge in [-0.3, -0.25) is 0 Å². The molecule has 0 amide bonds. The van der Waals surface area contributed by atoms with Gasteiger partial charge in [-0.1, -0.05) is 44.5 Å². The molecule has 1 heterocycles. The molecule has 0 saturated heterocycles. The minimum Gasteiger partial charge on any atom is -0.225 e. The molecule has 1 atom stereocenters. The molecule has 3 heteroatoms. The number of halogens is 1. The molecule has 90 valence electrons. The highest BCUT2D eigenvalue weighted by atomic mass is 35.5. The summed E-state index contributed by atoms with van der Waals surface area (Å²) in [6.45, 7) is 8.84. The molecule has 1 nitrogen and oxygen atoms in total. The quantitative estimate of drug-likeness (QED) is 0.805. The Morgan fingerprint density at radius 3 is 2.62 bits per heavy atom. The van der Waals surface area contributed by atoms with Crippen LogP contribution in [0.15, 0.2) is 0 Å². The van der Waals surface area contributed by atoms with Crippen LogP contribution in [0, 0.1) is 11.8 Å². The first-order valence-electron chi connectivity index (χ1n) is 5.81. The first-order chi connectivity index (χ1) is 7.52. The fourth-order valence-corrected chi connectivity index (χ4v) is 2.99. The van der Waals surface area contributed by atoms with E-state index in [1.165, 1.54) is 11.0 Å². The summed E-state index contributed by atoms with van der Waals surface area (Å²) in [7, 11) is 0. The lowest BCUT2D eigenvalue weighted by Gasteiger charge is -2.10. The van der Waals surface area contributed by atoms with Crippen LogP contribution in [0.3, 0.4) is 0 Å². The van der Waals surface area contributed by atoms with E-state index in [9.17, 15) is 0 Å². The Morgan fingerprint density at radius 1 is 1.38 bits per heavy atom. The molecule has 16 heavy (non-hydrogen) atoms. The summed E-state index contributed by atoms with van der Waals surface area (Å²) >= 11 is 7.48. The maximum Gasteiger partial charge on any atom is 0.184 e. The van der Waals surface area contributed by atoms with Gasteiger partial charge in [0.15, 0.2) is 4.47 Å². The maximum absolute atomic E-state index is 5.91. The van der Waals surface area contributed by atoms with Crippen LogP contribution in [0.5, 0.6) is 0 Å². The van der Waals surface area contributed by atoms with Gasteiger partial charge in [0.25, 0.3) is 0 Å². The SMILES string of the molecule is C/C=c1/nc(Cl)s/c1=C/CC(C)CC(C)C. The van der Waals surface area contributed by atoms with E-state index >= 15 is 0 Å². The van der Waals surface area contributed by atoms with E-state index < -0.39 is 0 Å². The summed E-state index contributed by atoms with van der Waals surface area (Å²) in [6, 6.07) is 0. The van der Waals surface area contributed by atoms with Crippen LogP contribution in [0.2, 0.25) is 4.47 Å². The Kier molecular flexibility index (Phi) is 5.50. The Hall–Kier alpha value is -0.340. The predicted molar refractivity (Wildman–Crippen MR) is 74.2 cm³/mol. The van der Waals surface area contributed by atoms with Crippen molar-refractivity contribution >= 4 is 35.1 Å². The smallest absolute Gasteiger partial charge is 0.184 e. The second-order valence-electron chi connectivity index (χ2n) is 4.68. The largest absolute Gasteiger partial charge is 0.225 e. The molecule has 0 aliphatic heterocycles. The number of hydrogen-bond donors (Lipinski definition) is 0. The van der Waals surface area contributed by atoms with Crippen molar-refractivity contribution in [3.05, 3.63) is 14.3 Å². The third kappa shape index (κ3) is 4.26. The second kappa shape index (κ2) is 6.41. The van der Waals surface area contributed by atoms with Gasteiger partial charge in [0.05, 0.1) is 9.88 Å². The van der Waals surface area contributed by atoms with E-state index in [1.54, 1.807) is 11.3 Å². The molecule has 1 rings (SSSR count). The normalized spacial score (nSPS) is 16.1. The zero-order chi connectivity index (χ0) is 12.1. The first-order valence-corrected chi connectivity index (χ1v) is 7.01. The zero-order valence-corrected chi connectivity index (χ0v) is 12.0. The standard InChI is InChI=1S/C13H20ClNS/c1-5-11-12(16-13(14)15-11)7-6-10(4)8-9(2)3/h5,7,9-10H,6,8H2,1-4H3/b11-5+,12-7+. The lowest BCUT2D eigenvalue weighted by atomic mass is 9.96. The molecule has 1 aromatic rings. The van der Waals surface area contributed by atoms with E-state index in [1.807, 2.05) is 13.0 Å². The second-order valence-corrected chi connectivity index (χ2v) is 6.29. The molecule has 0 N–H and O–H groups in total. The molecule has 1 unspecified atom stereocenters. The fraction of sp³-hybridized carbons (Fsp3) is 0.615. The zero-order valence-electron chi connectivity index (χ0n) is 10.5. The van der Waals surface area contributed by atoms with Crippen molar-refractivity contribution in [3.63, 3.8) is 0 Å². The van der Waals surface area contributed by atoms with Crippen LogP contribution >= 0.6 is 22.9 Å². The molecule has 0 spiro atoms. The number of nitrogens with zero attached hydrogens (tertiary/aromatic N) is 1. The van der Waals surface area contributed by atoms with Crippen molar-refractivity contribution in [2.45, 2.75) is 40.5 Å². The average Bonchev–Trinajstić information content (AvgIpc) is 2.55. The minimum atomic E-state index is 0.635. The van der Waals surface area contributed by atoms with E-state index in [-0.39, 0.29) is 0 Å². The van der Waals surface area contributed by atoms with Crippen molar-refractivity contribution < 1.29 is 0 Å². The topological polar surface area (TPSA) is 12.9 Å². The summed E-state index contributed by atoms with van der Waals surface area (Å²) in [5.41, 5.74) is 0. The monoisotopic (exact) mass is 257 g/mol. The molecular formula is C13H20ClNS. The molecule has 0 saturated carbocycles. The molecular weight excluding hydrogens is 238 g/mol. The lowest BCUT2D eigenvalue weighted by molar-refractivity contribution is 0.449. The highest BCUT2D eigenvalue weighted by Gasteiger charge is 2.03. The minimum absolute atomic E-state index is 0.635. The summed E-state index contributed by atoms with van der Waals surface area (Å²) < 4.78 is 1.85. The Morgan fingerprint density at radius 2 is 2.06 bits per heavy atom. The highest BCUT2D eigenvalue weighted by molar-refractivity contribution is 7.13. The number of rotatable bonds is 4. The van der Waals surface area contributed by atoms with Gasteiger partial charge in [0.2, 0.25) is 0 Å². The Balaban J connectivity index is 2.77. The van der Waals surface area contributed by atoms with Gasteiger partial charge >= 0.3 is 0 Å². The van der Waals surface area contributed by atoms with Crippen molar-refractivity contribution in [1.82, 2.24) is 4.98 Å². The van der Waals surface area contributed by atoms with Crippen LogP contribution in [0.4, 0.5) is 0 Å². The first kappa shape index (κ1) is 13.7. The third-order valence-corrected chi connectivity index (χ3v) is 3.68. The molecule has 0 aliphatic carbocycles. The number of hydrogen-bond acceptors (Lipinski definition) is 2. The fourth-order valence-electron chi connectivity index (χ4n) is 1.88. The molecule has 1 aromatic heterocycles. The summed E-state index contributed by atoms with van der Waals surface area (Å²) in [4.78, 5) is 4.27. The van der Waals surface area contributed by atoms with Gasteiger partial charge in [-0.25, -0.2) is 4.98 Å². The van der Waals surface area contributed by atoms with Gasteiger partial charge in [-0.15, -0.1) is 11.3 Å². The van der Waals surface area contributed by atoms with Crippen LogP contribution in [-0.4, -0.2) is 4.98 Å². The van der Waals surface area contributed by atoms with E-state index in [0.717, 1.165) is 23.6 Å². The lowest BCUT2D eigenvalue weighted by Crippen LogP contribution is -2.20.